The Balaban J connectivity index is 1.50. The van der Waals surface area contributed by atoms with Gasteiger partial charge in [-0.15, -0.1) is 11.3 Å². The molecular formula is C25H32N2O4S. The Hall–Kier alpha value is -2.54. The molecule has 1 aromatic heterocycles. The molecule has 2 heterocycles. The summed E-state index contributed by atoms with van der Waals surface area (Å²) in [6, 6.07) is 9.69. The summed E-state index contributed by atoms with van der Waals surface area (Å²) < 4.78 is 11.6. The molecule has 0 spiro atoms. The van der Waals surface area contributed by atoms with Gasteiger partial charge < -0.3 is 19.3 Å². The topological polar surface area (TPSA) is 59.1 Å². The third kappa shape index (κ3) is 5.09. The van der Waals surface area contributed by atoms with Crippen LogP contribution in [0.4, 0.5) is 0 Å². The van der Waals surface area contributed by atoms with E-state index in [4.69, 9.17) is 9.47 Å². The van der Waals surface area contributed by atoms with Crippen LogP contribution in [0.3, 0.4) is 0 Å². The van der Waals surface area contributed by atoms with Crippen LogP contribution in [0, 0.1) is 5.92 Å². The van der Waals surface area contributed by atoms with Gasteiger partial charge in [-0.05, 0) is 54.3 Å². The minimum absolute atomic E-state index is 0.000479. The second-order valence-corrected chi connectivity index (χ2v) is 9.97. The molecule has 1 aromatic carbocycles. The van der Waals surface area contributed by atoms with Gasteiger partial charge in [0.2, 0.25) is 11.8 Å². The van der Waals surface area contributed by atoms with E-state index < -0.39 is 0 Å². The van der Waals surface area contributed by atoms with Gasteiger partial charge in [-0.2, -0.15) is 0 Å². The van der Waals surface area contributed by atoms with E-state index >= 15 is 0 Å². The van der Waals surface area contributed by atoms with Crippen LogP contribution in [-0.4, -0.2) is 54.5 Å². The van der Waals surface area contributed by atoms with Crippen LogP contribution < -0.4 is 9.47 Å². The van der Waals surface area contributed by atoms with Gasteiger partial charge in [0.15, 0.2) is 11.5 Å². The number of thiophene rings is 1. The molecule has 1 unspecified atom stereocenters. The van der Waals surface area contributed by atoms with Crippen molar-refractivity contribution >= 4 is 23.2 Å². The number of nitrogens with zero attached hydrogens (tertiary/aromatic N) is 2. The smallest absolute Gasteiger partial charge is 0.242 e. The fourth-order valence-electron chi connectivity index (χ4n) is 4.29. The lowest BCUT2D eigenvalue weighted by Gasteiger charge is -2.37. The van der Waals surface area contributed by atoms with Crippen LogP contribution in [0.2, 0.25) is 0 Å². The fraction of sp³-hybridized carbons (Fsp3) is 0.520. The zero-order valence-corrected chi connectivity index (χ0v) is 19.9. The third-order valence-electron chi connectivity index (χ3n) is 6.08. The Kier molecular flexibility index (Phi) is 7.04. The first-order valence-corrected chi connectivity index (χ1v) is 12.3. The fourth-order valence-corrected chi connectivity index (χ4v) is 5.22. The summed E-state index contributed by atoms with van der Waals surface area (Å²) in [6.07, 6.45) is 3.31. The van der Waals surface area contributed by atoms with E-state index in [0.29, 0.717) is 31.1 Å². The Bertz CT molecular complexity index is 953. The van der Waals surface area contributed by atoms with E-state index in [-0.39, 0.29) is 36.4 Å². The van der Waals surface area contributed by atoms with Crippen LogP contribution in [0.1, 0.15) is 49.6 Å². The Morgan fingerprint density at radius 2 is 1.94 bits per heavy atom. The molecule has 1 fully saturated rings. The second-order valence-electron chi connectivity index (χ2n) is 8.96. The summed E-state index contributed by atoms with van der Waals surface area (Å²) in [7, 11) is 1.62. The number of hydrogen-bond donors (Lipinski definition) is 0. The molecule has 0 N–H and O–H groups in total. The van der Waals surface area contributed by atoms with Crippen molar-refractivity contribution in [3.8, 4) is 11.5 Å². The molecule has 1 atom stereocenters. The maximum Gasteiger partial charge on any atom is 0.242 e. The molecule has 2 amide bonds. The number of hydrogen-bond acceptors (Lipinski definition) is 5. The Morgan fingerprint density at radius 3 is 2.62 bits per heavy atom. The van der Waals surface area contributed by atoms with E-state index in [1.54, 1.807) is 18.4 Å². The maximum atomic E-state index is 13.5. The van der Waals surface area contributed by atoms with Crippen LogP contribution in [0.5, 0.6) is 11.5 Å². The highest BCUT2D eigenvalue weighted by molar-refractivity contribution is 7.10. The highest BCUT2D eigenvalue weighted by Crippen LogP contribution is 2.36. The average Bonchev–Trinajstić information content (AvgIpc) is 3.50. The molecule has 1 aliphatic heterocycles. The van der Waals surface area contributed by atoms with Crippen LogP contribution in [0.25, 0.3) is 0 Å². The molecule has 1 saturated carbocycles. The van der Waals surface area contributed by atoms with Gasteiger partial charge >= 0.3 is 0 Å². The summed E-state index contributed by atoms with van der Waals surface area (Å²) in [6.45, 7) is 5.22. The minimum atomic E-state index is -0.177. The number of carbonyl (C=O) groups excluding carboxylic acids is 2. The molecule has 4 rings (SSSR count). The molecule has 0 saturated heterocycles. The van der Waals surface area contributed by atoms with E-state index in [2.05, 4.69) is 11.4 Å². The number of amides is 2. The molecule has 2 aromatic rings. The van der Waals surface area contributed by atoms with Crippen molar-refractivity contribution in [2.75, 3.05) is 26.8 Å². The molecule has 7 heteroatoms. The van der Waals surface area contributed by atoms with Crippen molar-refractivity contribution < 1.29 is 19.1 Å². The highest BCUT2D eigenvalue weighted by Gasteiger charge is 2.38. The molecule has 0 bridgehead atoms. The van der Waals surface area contributed by atoms with E-state index in [1.807, 2.05) is 47.9 Å². The predicted octanol–water partition coefficient (Wildman–Crippen LogP) is 4.30. The zero-order chi connectivity index (χ0) is 22.7. The minimum Gasteiger partial charge on any atom is -0.493 e. The van der Waals surface area contributed by atoms with Crippen molar-refractivity contribution in [1.29, 1.82) is 0 Å². The van der Waals surface area contributed by atoms with Gasteiger partial charge in [-0.25, -0.2) is 0 Å². The van der Waals surface area contributed by atoms with Crippen molar-refractivity contribution in [3.05, 3.63) is 46.2 Å². The number of fused-ring (bicyclic) bond motifs is 1. The summed E-state index contributed by atoms with van der Waals surface area (Å²) >= 11 is 1.73. The summed E-state index contributed by atoms with van der Waals surface area (Å²) in [5.74, 6) is 1.71. The lowest BCUT2D eigenvalue weighted by Crippen LogP contribution is -2.48. The first kappa shape index (κ1) is 22.6. The quantitative estimate of drug-likeness (QED) is 0.565. The van der Waals surface area contributed by atoms with Crippen molar-refractivity contribution in [3.63, 3.8) is 0 Å². The molecule has 0 radical (unpaired) electrons. The van der Waals surface area contributed by atoms with Gasteiger partial charge in [0.25, 0.3) is 0 Å². The molecule has 6 nitrogen and oxygen atoms in total. The Labute approximate surface area is 194 Å². The molecule has 1 aliphatic carbocycles. The third-order valence-corrected chi connectivity index (χ3v) is 7.07. The monoisotopic (exact) mass is 456 g/mol. The lowest BCUT2D eigenvalue weighted by atomic mass is 10.00. The van der Waals surface area contributed by atoms with Gasteiger partial charge in [-0.3, -0.25) is 9.59 Å². The number of benzene rings is 1. The van der Waals surface area contributed by atoms with Crippen LogP contribution in [-0.2, 0) is 16.0 Å². The van der Waals surface area contributed by atoms with E-state index in [9.17, 15) is 9.59 Å². The van der Waals surface area contributed by atoms with Gasteiger partial charge in [0.1, 0.15) is 13.2 Å². The summed E-state index contributed by atoms with van der Waals surface area (Å²) in [5, 5.41) is 2.08. The first-order valence-electron chi connectivity index (χ1n) is 11.4. The van der Waals surface area contributed by atoms with Gasteiger partial charge in [0.05, 0.1) is 13.2 Å². The SMILES string of the molecule is COc1ccccc1OCC1c2ccsc2CCN1C(=O)CN(C(=O)CC(C)C)C1CC1. The zero-order valence-electron chi connectivity index (χ0n) is 19.1. The molecule has 32 heavy (non-hydrogen) atoms. The standard InChI is InChI=1S/C25H32N2O4S/c1-17(2)14-24(28)27(18-8-9-18)15-25(29)26-12-10-23-19(11-13-32-23)20(26)16-31-22-7-5-4-6-21(22)30-3/h4-7,11,13,17-18,20H,8-10,12,14-16H2,1-3H3. The molecule has 2 aliphatic rings. The largest absolute Gasteiger partial charge is 0.493 e. The first-order chi connectivity index (χ1) is 15.5. The Morgan fingerprint density at radius 1 is 1.19 bits per heavy atom. The number of rotatable bonds is 9. The van der Waals surface area contributed by atoms with Crippen LogP contribution in [0.15, 0.2) is 35.7 Å². The summed E-state index contributed by atoms with van der Waals surface area (Å²) in [4.78, 5) is 31.3. The number of para-hydroxylation sites is 2. The average molecular weight is 457 g/mol. The summed E-state index contributed by atoms with van der Waals surface area (Å²) in [5.41, 5.74) is 1.15. The number of methoxy groups -OCH3 is 1. The highest BCUT2D eigenvalue weighted by atomic mass is 32.1. The number of ether oxygens (including phenoxy) is 2. The van der Waals surface area contributed by atoms with Crippen molar-refractivity contribution in [1.82, 2.24) is 9.80 Å². The second kappa shape index (κ2) is 9.94. The van der Waals surface area contributed by atoms with E-state index in [1.165, 1.54) is 4.88 Å². The van der Waals surface area contributed by atoms with Gasteiger partial charge in [0, 0.05) is 23.9 Å². The molecule has 172 valence electrons. The molecular weight excluding hydrogens is 424 g/mol. The number of carbonyl (C=O) groups is 2. The van der Waals surface area contributed by atoms with Crippen LogP contribution >= 0.6 is 11.3 Å². The lowest BCUT2D eigenvalue weighted by molar-refractivity contribution is -0.143. The van der Waals surface area contributed by atoms with Gasteiger partial charge in [-0.1, -0.05) is 26.0 Å². The maximum absolute atomic E-state index is 13.5. The predicted molar refractivity (Wildman–Crippen MR) is 125 cm³/mol. The van der Waals surface area contributed by atoms with Crippen molar-refractivity contribution in [2.24, 2.45) is 5.92 Å². The normalized spacial score (nSPS) is 17.8. The van der Waals surface area contributed by atoms with E-state index in [0.717, 1.165) is 24.8 Å². The van der Waals surface area contributed by atoms with Crippen molar-refractivity contribution in [2.45, 2.75) is 51.6 Å².